The van der Waals surface area contributed by atoms with Crippen molar-refractivity contribution in [3.05, 3.63) is 29.8 Å². The Morgan fingerprint density at radius 3 is 2.46 bits per heavy atom. The van der Waals surface area contributed by atoms with Crippen molar-refractivity contribution < 1.29 is 19.4 Å². The number of carboxylic acids is 1. The molecule has 70 valence electrons. The molecule has 1 rings (SSSR count). The van der Waals surface area contributed by atoms with Crippen LogP contribution >= 0.6 is 0 Å². The number of aliphatic carboxylic acids is 1. The zero-order chi connectivity index (χ0) is 10.1. The number of hydrogen-bond acceptors (Lipinski definition) is 2. The Kier molecular flexibility index (Phi) is 2.23. The van der Waals surface area contributed by atoms with Gasteiger partial charge in [0.25, 0.3) is 0 Å². The molecule has 1 unspecified atom stereocenters. The predicted octanol–water partition coefficient (Wildman–Crippen LogP) is 1.66. The first-order chi connectivity index (χ1) is 5.96. The number of hydrogen-bond donors (Lipinski definition) is 2. The molecule has 0 radical (unpaired) electrons. The van der Waals surface area contributed by atoms with E-state index in [1.54, 1.807) is 0 Å². The Morgan fingerprint density at radius 2 is 2.00 bits per heavy atom. The Bertz CT molecular complexity index is 333. The second-order valence-corrected chi connectivity index (χ2v) is 2.83. The van der Waals surface area contributed by atoms with E-state index in [1.807, 2.05) is 0 Å². The molecule has 0 spiro atoms. The van der Waals surface area contributed by atoms with E-state index in [2.05, 4.69) is 0 Å². The lowest BCUT2D eigenvalue weighted by Crippen LogP contribution is -2.26. The highest BCUT2D eigenvalue weighted by atomic mass is 19.1. The van der Waals surface area contributed by atoms with Gasteiger partial charge < -0.3 is 10.2 Å². The zero-order valence-electron chi connectivity index (χ0n) is 6.99. The topological polar surface area (TPSA) is 57.5 Å². The van der Waals surface area contributed by atoms with Gasteiger partial charge in [-0.05, 0) is 13.0 Å². The predicted molar refractivity (Wildman–Crippen MR) is 44.2 cm³/mol. The maximum atomic E-state index is 13.4. The third-order valence-electron chi connectivity index (χ3n) is 1.81. The first-order valence-electron chi connectivity index (χ1n) is 3.67. The summed E-state index contributed by atoms with van der Waals surface area (Å²) in [5.41, 5.74) is -2.78. The quantitative estimate of drug-likeness (QED) is 0.734. The third kappa shape index (κ3) is 1.61. The lowest BCUT2D eigenvalue weighted by molar-refractivity contribution is -0.150. The molecule has 0 bridgehead atoms. The molecule has 0 aliphatic rings. The van der Waals surface area contributed by atoms with Gasteiger partial charge in [0.05, 0.1) is 0 Å². The Morgan fingerprint density at radius 1 is 1.46 bits per heavy atom. The summed E-state index contributed by atoms with van der Waals surface area (Å²) in [6.45, 7) is 0.893. The van der Waals surface area contributed by atoms with E-state index in [9.17, 15) is 14.3 Å². The molecule has 0 heterocycles. The molecule has 0 amide bonds. The second-order valence-electron chi connectivity index (χ2n) is 2.83. The average molecular weight is 184 g/mol. The summed E-state index contributed by atoms with van der Waals surface area (Å²) in [5, 5.41) is 17.7. The van der Waals surface area contributed by atoms with E-state index in [4.69, 9.17) is 5.11 Å². The van der Waals surface area contributed by atoms with Crippen molar-refractivity contribution >= 4 is 5.97 Å². The molecule has 0 saturated carbocycles. The molecular weight excluding hydrogens is 175 g/mol. The van der Waals surface area contributed by atoms with Crippen molar-refractivity contribution in [2.24, 2.45) is 0 Å². The summed E-state index contributed by atoms with van der Waals surface area (Å²) in [7, 11) is 0. The molecular formula is C9H9FO3. The number of carbonyl (C=O) groups is 1. The molecule has 0 saturated heterocycles. The smallest absolute Gasteiger partial charge is 0.346 e. The summed E-state index contributed by atoms with van der Waals surface area (Å²) in [4.78, 5) is 10.5. The van der Waals surface area contributed by atoms with Gasteiger partial charge in [0.1, 0.15) is 5.75 Å². The highest BCUT2D eigenvalue weighted by Gasteiger charge is 2.37. The number of phenolic OH excluding ortho intramolecular Hbond substituents is 1. The van der Waals surface area contributed by atoms with Crippen molar-refractivity contribution in [1.29, 1.82) is 0 Å². The maximum absolute atomic E-state index is 13.4. The number of para-hydroxylation sites is 1. The fourth-order valence-electron chi connectivity index (χ4n) is 0.986. The second kappa shape index (κ2) is 3.05. The molecule has 13 heavy (non-hydrogen) atoms. The van der Waals surface area contributed by atoms with E-state index in [0.717, 1.165) is 6.92 Å². The standard InChI is InChI=1S/C9H9FO3/c1-9(10,8(12)13)6-4-2-3-5-7(6)11/h2-5,11H,1H3,(H,12,13). The van der Waals surface area contributed by atoms with E-state index in [-0.39, 0.29) is 11.3 Å². The first kappa shape index (κ1) is 9.51. The zero-order valence-corrected chi connectivity index (χ0v) is 6.99. The van der Waals surface area contributed by atoms with Gasteiger partial charge >= 0.3 is 5.97 Å². The lowest BCUT2D eigenvalue weighted by Gasteiger charge is -2.16. The van der Waals surface area contributed by atoms with Crippen LogP contribution in [0.5, 0.6) is 5.75 Å². The van der Waals surface area contributed by atoms with Crippen LogP contribution < -0.4 is 0 Å². The highest BCUT2D eigenvalue weighted by Crippen LogP contribution is 2.32. The number of benzene rings is 1. The Hall–Kier alpha value is -1.58. The summed E-state index contributed by atoms with van der Waals surface area (Å²) >= 11 is 0. The molecule has 0 fully saturated rings. The maximum Gasteiger partial charge on any atom is 0.346 e. The summed E-state index contributed by atoms with van der Waals surface area (Å²) in [5.74, 6) is -1.97. The van der Waals surface area contributed by atoms with Gasteiger partial charge in [0.2, 0.25) is 5.67 Å². The molecule has 2 N–H and O–H groups in total. The van der Waals surface area contributed by atoms with Gasteiger partial charge in [-0.2, -0.15) is 0 Å². The van der Waals surface area contributed by atoms with Gasteiger partial charge in [0, 0.05) is 5.56 Å². The van der Waals surface area contributed by atoms with Crippen molar-refractivity contribution in [1.82, 2.24) is 0 Å². The van der Waals surface area contributed by atoms with Crippen molar-refractivity contribution in [2.45, 2.75) is 12.6 Å². The summed E-state index contributed by atoms with van der Waals surface area (Å²) in [6.07, 6.45) is 0. The van der Waals surface area contributed by atoms with E-state index in [0.29, 0.717) is 0 Å². The van der Waals surface area contributed by atoms with Crippen LogP contribution in [0, 0.1) is 0 Å². The van der Waals surface area contributed by atoms with Crippen molar-refractivity contribution in [3.63, 3.8) is 0 Å². The van der Waals surface area contributed by atoms with Crippen LogP contribution in [0.2, 0.25) is 0 Å². The largest absolute Gasteiger partial charge is 0.508 e. The average Bonchev–Trinajstić information content (AvgIpc) is 2.04. The van der Waals surface area contributed by atoms with Gasteiger partial charge in [-0.1, -0.05) is 18.2 Å². The normalized spacial score (nSPS) is 14.9. The highest BCUT2D eigenvalue weighted by molar-refractivity contribution is 5.79. The third-order valence-corrected chi connectivity index (χ3v) is 1.81. The van der Waals surface area contributed by atoms with Gasteiger partial charge in [-0.3, -0.25) is 0 Å². The van der Waals surface area contributed by atoms with Crippen LogP contribution in [-0.4, -0.2) is 16.2 Å². The molecule has 3 nitrogen and oxygen atoms in total. The Balaban J connectivity index is 3.22. The molecule has 0 aromatic heterocycles. The van der Waals surface area contributed by atoms with Crippen LogP contribution in [0.15, 0.2) is 24.3 Å². The minimum atomic E-state index is -2.55. The fraction of sp³-hybridized carbons (Fsp3) is 0.222. The molecule has 4 heteroatoms. The number of rotatable bonds is 2. The molecule has 1 aromatic rings. The van der Waals surface area contributed by atoms with Crippen LogP contribution in [0.25, 0.3) is 0 Å². The van der Waals surface area contributed by atoms with Crippen molar-refractivity contribution in [2.75, 3.05) is 0 Å². The van der Waals surface area contributed by atoms with Crippen molar-refractivity contribution in [3.8, 4) is 5.75 Å². The molecule has 0 aliphatic carbocycles. The van der Waals surface area contributed by atoms with Crippen LogP contribution in [0.1, 0.15) is 12.5 Å². The monoisotopic (exact) mass is 184 g/mol. The van der Waals surface area contributed by atoms with Gasteiger partial charge in [-0.15, -0.1) is 0 Å². The lowest BCUT2D eigenvalue weighted by atomic mass is 9.97. The number of alkyl halides is 1. The van der Waals surface area contributed by atoms with E-state index >= 15 is 0 Å². The minimum absolute atomic E-state index is 0.234. The SMILES string of the molecule is CC(F)(C(=O)O)c1ccccc1O. The summed E-state index contributed by atoms with van der Waals surface area (Å²) in [6, 6.07) is 5.45. The van der Waals surface area contributed by atoms with Crippen LogP contribution in [-0.2, 0) is 10.5 Å². The number of carboxylic acid groups (broad SMARTS) is 1. The van der Waals surface area contributed by atoms with Gasteiger partial charge in [0.15, 0.2) is 0 Å². The van der Waals surface area contributed by atoms with Crippen LogP contribution in [0.4, 0.5) is 4.39 Å². The molecule has 0 aliphatic heterocycles. The van der Waals surface area contributed by atoms with E-state index < -0.39 is 11.6 Å². The fourth-order valence-corrected chi connectivity index (χ4v) is 0.986. The van der Waals surface area contributed by atoms with Crippen LogP contribution in [0.3, 0.4) is 0 Å². The van der Waals surface area contributed by atoms with Gasteiger partial charge in [-0.25, -0.2) is 9.18 Å². The first-order valence-corrected chi connectivity index (χ1v) is 3.67. The minimum Gasteiger partial charge on any atom is -0.508 e. The number of phenols is 1. The number of aromatic hydroxyl groups is 1. The van der Waals surface area contributed by atoms with E-state index in [1.165, 1.54) is 24.3 Å². The molecule has 1 atom stereocenters. The molecule has 1 aromatic carbocycles. The number of halogens is 1. The Labute approximate surface area is 74.4 Å². The summed E-state index contributed by atoms with van der Waals surface area (Å²) < 4.78 is 13.4.